The topological polar surface area (TPSA) is 30.9 Å². The molecule has 0 spiro atoms. The van der Waals surface area contributed by atoms with E-state index in [2.05, 4.69) is 156 Å². The molecule has 214 valence electrons. The molecule has 0 atom stereocenters. The van der Waals surface area contributed by atoms with Gasteiger partial charge < -0.3 is 10.3 Å². The van der Waals surface area contributed by atoms with Gasteiger partial charge in [-0.15, -0.1) is 0 Å². The fraction of sp³-hybridized carbons (Fsp3) is 0.0233. The first-order valence-corrected chi connectivity index (χ1v) is 15.4. The van der Waals surface area contributed by atoms with Crippen molar-refractivity contribution in [2.24, 2.45) is 5.73 Å². The summed E-state index contributed by atoms with van der Waals surface area (Å²) in [4.78, 5) is 0. The number of nitrogens with two attached hydrogens (primary N) is 1. The third-order valence-corrected chi connectivity index (χ3v) is 8.93. The molecule has 0 saturated carbocycles. The largest absolute Gasteiger partial charge is 0.404 e. The maximum atomic E-state index is 6.10. The molecule has 1 heterocycles. The van der Waals surface area contributed by atoms with Gasteiger partial charge in [-0.05, 0) is 69.3 Å². The molecule has 8 rings (SSSR count). The maximum Gasteiger partial charge on any atom is 0.0619 e. The fourth-order valence-corrected chi connectivity index (χ4v) is 6.87. The van der Waals surface area contributed by atoms with Gasteiger partial charge in [-0.2, -0.15) is 0 Å². The fourth-order valence-electron chi connectivity index (χ4n) is 6.87. The Labute approximate surface area is 263 Å². The van der Waals surface area contributed by atoms with E-state index in [-0.39, 0.29) is 0 Å². The van der Waals surface area contributed by atoms with Crippen molar-refractivity contribution >= 4 is 48.9 Å². The third-order valence-electron chi connectivity index (χ3n) is 8.93. The van der Waals surface area contributed by atoms with E-state index in [9.17, 15) is 0 Å². The van der Waals surface area contributed by atoms with Crippen LogP contribution < -0.4 is 5.73 Å². The van der Waals surface area contributed by atoms with Gasteiger partial charge in [0.05, 0.1) is 16.7 Å². The first-order chi connectivity index (χ1) is 22.2. The van der Waals surface area contributed by atoms with Crippen LogP contribution in [-0.2, 0) is 0 Å². The van der Waals surface area contributed by atoms with Crippen LogP contribution >= 0.6 is 0 Å². The zero-order valence-electron chi connectivity index (χ0n) is 25.1. The van der Waals surface area contributed by atoms with Gasteiger partial charge in [-0.1, -0.05) is 140 Å². The first-order valence-electron chi connectivity index (χ1n) is 15.4. The van der Waals surface area contributed by atoms with Crippen LogP contribution in [0.2, 0.25) is 0 Å². The second kappa shape index (κ2) is 11.0. The smallest absolute Gasteiger partial charge is 0.0619 e. The summed E-state index contributed by atoms with van der Waals surface area (Å²) in [6, 6.07) is 52.8. The monoisotopic (exact) mass is 576 g/mol. The van der Waals surface area contributed by atoms with Crippen molar-refractivity contribution in [3.05, 3.63) is 170 Å². The lowest BCUT2D eigenvalue weighted by atomic mass is 9.93. The summed E-state index contributed by atoms with van der Waals surface area (Å²) in [5.41, 5.74) is 16.6. The van der Waals surface area contributed by atoms with Crippen LogP contribution in [0.4, 0.5) is 0 Å². The van der Waals surface area contributed by atoms with Crippen LogP contribution in [0.3, 0.4) is 0 Å². The number of allylic oxidation sites excluding steroid dienone is 3. The lowest BCUT2D eigenvalue weighted by molar-refractivity contribution is 1.20. The molecule has 2 N–H and O–H groups in total. The molecule has 0 bridgehead atoms. The molecule has 0 aliphatic carbocycles. The zero-order chi connectivity index (χ0) is 30.3. The maximum absolute atomic E-state index is 6.10. The van der Waals surface area contributed by atoms with Gasteiger partial charge in [0.15, 0.2) is 0 Å². The summed E-state index contributed by atoms with van der Waals surface area (Å²) in [6.45, 7) is 2.02. The SMILES string of the molecule is C/C=C\C(=C/N)c1ccc2c3ccc4cc(-c5ccccc5-c5ccccc5)ccc4c3n(-c3cccc4ccccc34)c2c1. The van der Waals surface area contributed by atoms with E-state index in [4.69, 9.17) is 5.73 Å². The second-order valence-corrected chi connectivity index (χ2v) is 11.5. The minimum absolute atomic E-state index is 1.00. The van der Waals surface area contributed by atoms with Gasteiger partial charge >= 0.3 is 0 Å². The first kappa shape index (κ1) is 26.7. The van der Waals surface area contributed by atoms with Crippen LogP contribution in [-0.4, -0.2) is 4.57 Å². The Morgan fingerprint density at radius 2 is 1.27 bits per heavy atom. The highest BCUT2D eigenvalue weighted by Crippen LogP contribution is 2.41. The second-order valence-electron chi connectivity index (χ2n) is 11.5. The summed E-state index contributed by atoms with van der Waals surface area (Å²) in [7, 11) is 0. The van der Waals surface area contributed by atoms with Crippen molar-refractivity contribution in [2.75, 3.05) is 0 Å². The summed E-state index contributed by atoms with van der Waals surface area (Å²) >= 11 is 0. The number of rotatable bonds is 5. The van der Waals surface area contributed by atoms with Crippen LogP contribution in [0.1, 0.15) is 12.5 Å². The van der Waals surface area contributed by atoms with Crippen LogP contribution in [0.25, 0.3) is 76.9 Å². The molecule has 2 nitrogen and oxygen atoms in total. The molecule has 0 aliphatic heterocycles. The van der Waals surface area contributed by atoms with Crippen molar-refractivity contribution in [1.29, 1.82) is 0 Å². The molecule has 0 aliphatic rings. The van der Waals surface area contributed by atoms with E-state index < -0.39 is 0 Å². The van der Waals surface area contributed by atoms with E-state index in [1.807, 2.05) is 13.0 Å². The molecule has 8 aromatic rings. The molecular weight excluding hydrogens is 544 g/mol. The standard InChI is InChI=1S/C43H32N2/c1-2-11-34(28-44)31-20-24-39-40-25-22-33-26-32(36-17-9-8-16-35(36)29-12-4-3-5-13-29)21-23-38(33)43(40)45(42(39)27-31)41-19-10-15-30-14-6-7-18-37(30)41/h2-28H,44H2,1H3/b11-2-,34-28+. The Kier molecular flexibility index (Phi) is 6.54. The Hall–Kier alpha value is -5.86. The van der Waals surface area contributed by atoms with E-state index in [0.717, 1.165) is 16.7 Å². The van der Waals surface area contributed by atoms with Crippen molar-refractivity contribution < 1.29 is 0 Å². The van der Waals surface area contributed by atoms with Gasteiger partial charge in [0.2, 0.25) is 0 Å². The zero-order valence-corrected chi connectivity index (χ0v) is 25.1. The third kappa shape index (κ3) is 4.42. The summed E-state index contributed by atoms with van der Waals surface area (Å²) in [5, 5.41) is 7.33. The Morgan fingerprint density at radius 3 is 2.09 bits per heavy atom. The highest BCUT2D eigenvalue weighted by Gasteiger charge is 2.18. The minimum Gasteiger partial charge on any atom is -0.404 e. The predicted octanol–water partition coefficient (Wildman–Crippen LogP) is 11.3. The highest BCUT2D eigenvalue weighted by atomic mass is 15.0. The molecule has 7 aromatic carbocycles. The number of aromatic nitrogens is 1. The average molecular weight is 577 g/mol. The van der Waals surface area contributed by atoms with E-state index >= 15 is 0 Å². The van der Waals surface area contributed by atoms with Gasteiger partial charge in [0.1, 0.15) is 0 Å². The van der Waals surface area contributed by atoms with Gasteiger partial charge in [-0.3, -0.25) is 0 Å². The van der Waals surface area contributed by atoms with Crippen LogP contribution in [0.15, 0.2) is 164 Å². The van der Waals surface area contributed by atoms with Crippen molar-refractivity contribution in [3.8, 4) is 27.9 Å². The van der Waals surface area contributed by atoms with Crippen molar-refractivity contribution in [3.63, 3.8) is 0 Å². The lowest BCUT2D eigenvalue weighted by Gasteiger charge is -2.14. The Morgan fingerprint density at radius 1 is 0.556 bits per heavy atom. The molecule has 1 aromatic heterocycles. The highest BCUT2D eigenvalue weighted by molar-refractivity contribution is 6.20. The van der Waals surface area contributed by atoms with E-state index in [1.165, 1.54) is 65.8 Å². The molecule has 0 fully saturated rings. The lowest BCUT2D eigenvalue weighted by Crippen LogP contribution is -1.97. The summed E-state index contributed by atoms with van der Waals surface area (Å²) in [6.07, 6.45) is 5.79. The van der Waals surface area contributed by atoms with Crippen molar-refractivity contribution in [1.82, 2.24) is 4.57 Å². The van der Waals surface area contributed by atoms with Crippen LogP contribution in [0, 0.1) is 0 Å². The molecule has 2 heteroatoms. The van der Waals surface area contributed by atoms with Gasteiger partial charge in [0, 0.05) is 27.7 Å². The molecule has 45 heavy (non-hydrogen) atoms. The molecule has 0 unspecified atom stereocenters. The summed E-state index contributed by atoms with van der Waals surface area (Å²) in [5.74, 6) is 0. The molecular formula is C43H32N2. The number of fused-ring (bicyclic) bond motifs is 6. The average Bonchev–Trinajstić information content (AvgIpc) is 3.44. The number of benzene rings is 7. The molecule has 0 saturated heterocycles. The number of nitrogens with zero attached hydrogens (tertiary/aromatic N) is 1. The minimum atomic E-state index is 1.00. The van der Waals surface area contributed by atoms with Gasteiger partial charge in [0.25, 0.3) is 0 Å². The van der Waals surface area contributed by atoms with E-state index in [1.54, 1.807) is 6.20 Å². The van der Waals surface area contributed by atoms with Gasteiger partial charge in [-0.25, -0.2) is 0 Å². The number of hydrogen-bond acceptors (Lipinski definition) is 1. The Bertz CT molecular complexity index is 2440. The Balaban J connectivity index is 1.44. The quantitative estimate of drug-likeness (QED) is 0.203. The molecule has 0 radical (unpaired) electrons. The predicted molar refractivity (Wildman–Crippen MR) is 194 cm³/mol. The summed E-state index contributed by atoms with van der Waals surface area (Å²) < 4.78 is 2.46. The normalized spacial score (nSPS) is 12.2. The van der Waals surface area contributed by atoms with Crippen LogP contribution in [0.5, 0.6) is 0 Å². The van der Waals surface area contributed by atoms with Crippen molar-refractivity contribution in [2.45, 2.75) is 6.92 Å². The number of hydrogen-bond donors (Lipinski definition) is 1. The van der Waals surface area contributed by atoms with E-state index in [0.29, 0.717) is 0 Å². The molecule has 0 amide bonds.